The van der Waals surface area contributed by atoms with E-state index >= 15 is 0 Å². The Balaban J connectivity index is 1.68. The molecule has 0 saturated heterocycles. The zero-order valence-corrected chi connectivity index (χ0v) is 14.7. The number of hydrogen-bond acceptors (Lipinski definition) is 4. The fraction of sp³-hybridized carbons (Fsp3) is 0.0500. The number of pyridine rings is 1. The van der Waals surface area contributed by atoms with Crippen LogP contribution in [0.2, 0.25) is 0 Å². The van der Waals surface area contributed by atoms with Crippen LogP contribution in [0.15, 0.2) is 55.1 Å². The molecule has 0 unspecified atom stereocenters. The number of aromatic nitrogens is 4. The number of nitrogens with zero attached hydrogens (tertiary/aromatic N) is 4. The van der Waals surface area contributed by atoms with Crippen molar-refractivity contribution in [3.05, 3.63) is 60.0 Å². The Morgan fingerprint density at radius 2 is 2.04 bits per heavy atom. The molecule has 0 spiro atoms. The highest BCUT2D eigenvalue weighted by atomic mass is 32.1. The van der Waals surface area contributed by atoms with Gasteiger partial charge in [-0.15, -0.1) is 11.3 Å². The maximum atomic E-state index is 9.05. The van der Waals surface area contributed by atoms with E-state index < -0.39 is 0 Å². The van der Waals surface area contributed by atoms with Crippen LogP contribution in [0.3, 0.4) is 0 Å². The zero-order chi connectivity index (χ0) is 17.7. The molecule has 0 radical (unpaired) electrons. The van der Waals surface area contributed by atoms with Crippen LogP contribution < -0.4 is 0 Å². The van der Waals surface area contributed by atoms with Crippen molar-refractivity contribution in [3.8, 4) is 27.6 Å². The Hall–Kier alpha value is -3.43. The number of rotatable bonds is 2. The molecule has 5 rings (SSSR count). The van der Waals surface area contributed by atoms with Crippen LogP contribution in [0.5, 0.6) is 0 Å². The van der Waals surface area contributed by atoms with Crippen molar-refractivity contribution in [2.45, 2.75) is 0 Å². The van der Waals surface area contributed by atoms with Crippen LogP contribution in [0.1, 0.15) is 4.88 Å². The predicted molar refractivity (Wildman–Crippen MR) is 104 cm³/mol. The molecule has 0 bridgehead atoms. The molecule has 1 aromatic carbocycles. The first-order valence-electron chi connectivity index (χ1n) is 8.12. The van der Waals surface area contributed by atoms with Crippen LogP contribution >= 0.6 is 11.3 Å². The number of nitriles is 1. The molecule has 5 nitrogen and oxygen atoms in total. The van der Waals surface area contributed by atoms with Crippen molar-refractivity contribution in [2.24, 2.45) is 7.05 Å². The Labute approximate surface area is 153 Å². The maximum absolute atomic E-state index is 9.05. The predicted octanol–water partition coefficient (Wildman–Crippen LogP) is 4.72. The molecule has 26 heavy (non-hydrogen) atoms. The van der Waals surface area contributed by atoms with E-state index in [0.717, 1.165) is 43.6 Å². The Bertz CT molecular complexity index is 1320. The van der Waals surface area contributed by atoms with Gasteiger partial charge in [-0.1, -0.05) is 6.07 Å². The highest BCUT2D eigenvalue weighted by Gasteiger charge is 2.11. The van der Waals surface area contributed by atoms with Gasteiger partial charge in [0.2, 0.25) is 0 Å². The lowest BCUT2D eigenvalue weighted by Crippen LogP contribution is -1.85. The second kappa shape index (κ2) is 5.55. The average molecular weight is 355 g/mol. The van der Waals surface area contributed by atoms with Crippen molar-refractivity contribution in [1.29, 1.82) is 5.26 Å². The van der Waals surface area contributed by atoms with Crippen molar-refractivity contribution in [2.75, 3.05) is 0 Å². The number of benzene rings is 1. The van der Waals surface area contributed by atoms with Gasteiger partial charge in [0.15, 0.2) is 0 Å². The van der Waals surface area contributed by atoms with Gasteiger partial charge in [-0.3, -0.25) is 0 Å². The van der Waals surface area contributed by atoms with Crippen molar-refractivity contribution in [3.63, 3.8) is 0 Å². The second-order valence-corrected chi connectivity index (χ2v) is 7.24. The number of H-pyrrole nitrogens is 1. The minimum absolute atomic E-state index is 0.705. The number of hydrogen-bond donors (Lipinski definition) is 1. The zero-order valence-electron chi connectivity index (χ0n) is 13.9. The van der Waals surface area contributed by atoms with E-state index in [1.54, 1.807) is 0 Å². The fourth-order valence-corrected chi connectivity index (χ4v) is 4.01. The summed E-state index contributed by atoms with van der Waals surface area (Å²) in [6.45, 7) is 0. The second-order valence-electron chi connectivity index (χ2n) is 6.16. The molecule has 0 fully saturated rings. The molecule has 5 aromatic rings. The van der Waals surface area contributed by atoms with E-state index in [0.29, 0.717) is 4.88 Å². The third-order valence-corrected chi connectivity index (χ3v) is 5.61. The van der Waals surface area contributed by atoms with E-state index in [1.165, 1.54) is 11.3 Å². The Morgan fingerprint density at radius 1 is 1.12 bits per heavy atom. The normalized spacial score (nSPS) is 11.2. The lowest BCUT2D eigenvalue weighted by atomic mass is 10.0. The number of fused-ring (bicyclic) bond motifs is 2. The molecule has 4 heterocycles. The monoisotopic (exact) mass is 355 g/mol. The standard InChI is InChI=1S/C20H13N5S/c1-25-11-24-17-4-2-12(7-18(17)25)16-10-23-20-15(16)6-13(9-22-20)19-5-3-14(8-21)26-19/h2-7,9-11H,1H3,(H,22,23). The fourth-order valence-electron chi connectivity index (χ4n) is 3.22. The van der Waals surface area contributed by atoms with Crippen molar-refractivity contribution < 1.29 is 0 Å². The molecule has 0 aliphatic rings. The molecule has 1 N–H and O–H groups in total. The van der Waals surface area contributed by atoms with Gasteiger partial charge >= 0.3 is 0 Å². The molecular formula is C20H13N5S. The van der Waals surface area contributed by atoms with E-state index in [9.17, 15) is 0 Å². The van der Waals surface area contributed by atoms with Crippen molar-refractivity contribution >= 4 is 33.4 Å². The van der Waals surface area contributed by atoms with Gasteiger partial charge in [0.25, 0.3) is 0 Å². The molecule has 0 amide bonds. The van der Waals surface area contributed by atoms with Crippen LogP contribution in [-0.2, 0) is 7.05 Å². The number of thiophene rings is 1. The first-order chi connectivity index (χ1) is 12.7. The molecular weight excluding hydrogens is 342 g/mol. The summed E-state index contributed by atoms with van der Waals surface area (Å²) >= 11 is 1.48. The quantitative estimate of drug-likeness (QED) is 0.498. The summed E-state index contributed by atoms with van der Waals surface area (Å²) in [6.07, 6.45) is 5.67. The largest absolute Gasteiger partial charge is 0.346 e. The summed E-state index contributed by atoms with van der Waals surface area (Å²) in [4.78, 5) is 14.0. The minimum atomic E-state index is 0.705. The topological polar surface area (TPSA) is 70.3 Å². The summed E-state index contributed by atoms with van der Waals surface area (Å²) in [5, 5.41) is 10.1. The van der Waals surface area contributed by atoms with Crippen molar-refractivity contribution in [1.82, 2.24) is 19.5 Å². The smallest absolute Gasteiger partial charge is 0.137 e. The van der Waals surface area contributed by atoms with E-state index in [-0.39, 0.29) is 0 Å². The van der Waals surface area contributed by atoms with Gasteiger partial charge < -0.3 is 9.55 Å². The number of aromatic amines is 1. The highest BCUT2D eigenvalue weighted by molar-refractivity contribution is 7.16. The minimum Gasteiger partial charge on any atom is -0.346 e. The average Bonchev–Trinajstić information content (AvgIpc) is 3.39. The van der Waals surface area contributed by atoms with Gasteiger partial charge in [-0.05, 0) is 35.9 Å². The van der Waals surface area contributed by atoms with E-state index in [4.69, 9.17) is 5.26 Å². The van der Waals surface area contributed by atoms with E-state index in [2.05, 4.69) is 39.2 Å². The third kappa shape index (κ3) is 2.22. The molecule has 0 atom stereocenters. The number of nitrogens with one attached hydrogen (secondary N) is 1. The van der Waals surface area contributed by atoms with Crippen LogP contribution in [0, 0.1) is 11.3 Å². The Morgan fingerprint density at radius 3 is 2.88 bits per heavy atom. The van der Waals surface area contributed by atoms with Crippen LogP contribution in [0.4, 0.5) is 0 Å². The molecule has 124 valence electrons. The summed E-state index contributed by atoms with van der Waals surface area (Å²) in [7, 11) is 2.00. The van der Waals surface area contributed by atoms with Gasteiger partial charge in [0.05, 0.1) is 17.4 Å². The molecule has 4 aromatic heterocycles. The lowest BCUT2D eigenvalue weighted by molar-refractivity contribution is 0.948. The van der Waals surface area contributed by atoms with E-state index in [1.807, 2.05) is 48.5 Å². The van der Waals surface area contributed by atoms with Crippen LogP contribution in [-0.4, -0.2) is 19.5 Å². The highest BCUT2D eigenvalue weighted by Crippen LogP contribution is 2.34. The summed E-state index contributed by atoms with van der Waals surface area (Å²) in [5.41, 5.74) is 6.18. The van der Waals surface area contributed by atoms with Gasteiger partial charge in [-0.25, -0.2) is 9.97 Å². The lowest BCUT2D eigenvalue weighted by Gasteiger charge is -2.03. The Kier molecular flexibility index (Phi) is 3.17. The summed E-state index contributed by atoms with van der Waals surface area (Å²) in [5.74, 6) is 0. The molecule has 0 saturated carbocycles. The summed E-state index contributed by atoms with van der Waals surface area (Å²) in [6, 6.07) is 14.4. The first kappa shape index (κ1) is 14.9. The van der Waals surface area contributed by atoms with Gasteiger partial charge in [0.1, 0.15) is 16.6 Å². The van der Waals surface area contributed by atoms with Crippen LogP contribution in [0.25, 0.3) is 43.6 Å². The molecule has 6 heteroatoms. The number of aryl methyl sites for hydroxylation is 1. The number of imidazole rings is 1. The molecule has 0 aliphatic carbocycles. The maximum Gasteiger partial charge on any atom is 0.137 e. The first-order valence-corrected chi connectivity index (χ1v) is 8.93. The third-order valence-electron chi connectivity index (χ3n) is 4.57. The molecule has 0 aliphatic heterocycles. The summed E-state index contributed by atoms with van der Waals surface area (Å²) < 4.78 is 2.02. The van der Waals surface area contributed by atoms with Gasteiger partial charge in [-0.2, -0.15) is 5.26 Å². The van der Waals surface area contributed by atoms with Gasteiger partial charge in [0, 0.05) is 40.8 Å². The SMILES string of the molecule is Cn1cnc2ccc(-c3c[nH]c4ncc(-c5ccc(C#N)s5)cc34)cc21.